The minimum Gasteiger partial charge on any atom is -0.454 e. The van der Waals surface area contributed by atoms with Crippen LogP contribution in [0, 0.1) is 0 Å². The number of nitrogens with one attached hydrogen (secondary N) is 2. The van der Waals surface area contributed by atoms with Crippen LogP contribution in [0.4, 0.5) is 10.5 Å². The van der Waals surface area contributed by atoms with E-state index >= 15 is 0 Å². The molecule has 1 saturated heterocycles. The van der Waals surface area contributed by atoms with Crippen molar-refractivity contribution in [1.29, 1.82) is 0 Å². The lowest BCUT2D eigenvalue weighted by Gasteiger charge is -2.31. The standard InChI is InChI=1S/C17H23N3O5/c1-2-23-17(22)20-7-5-12(6-8-20)19-16(21)10-18-13-3-4-14-15(9-13)25-11-24-14/h3-4,9,12,18H,2,5-8,10-11H2,1H3,(H,19,21). The maximum Gasteiger partial charge on any atom is 0.409 e. The van der Waals surface area contributed by atoms with Crippen LogP contribution >= 0.6 is 0 Å². The molecule has 2 amide bonds. The Morgan fingerprint density at radius 3 is 2.76 bits per heavy atom. The van der Waals surface area contributed by atoms with E-state index in [1.165, 1.54) is 0 Å². The molecule has 3 rings (SSSR count). The molecule has 25 heavy (non-hydrogen) atoms. The van der Waals surface area contributed by atoms with Crippen molar-refractivity contribution in [2.24, 2.45) is 0 Å². The van der Waals surface area contributed by atoms with Crippen molar-refractivity contribution in [3.05, 3.63) is 18.2 Å². The number of carbonyl (C=O) groups excluding carboxylic acids is 2. The molecule has 0 aromatic heterocycles. The fraction of sp³-hybridized carbons (Fsp3) is 0.529. The third-order valence-corrected chi connectivity index (χ3v) is 4.21. The first kappa shape index (κ1) is 17.2. The molecule has 2 heterocycles. The number of benzene rings is 1. The number of rotatable bonds is 5. The lowest BCUT2D eigenvalue weighted by atomic mass is 10.1. The van der Waals surface area contributed by atoms with E-state index in [-0.39, 0.29) is 31.4 Å². The molecule has 2 N–H and O–H groups in total. The van der Waals surface area contributed by atoms with Gasteiger partial charge in [0.25, 0.3) is 0 Å². The maximum atomic E-state index is 12.1. The zero-order valence-corrected chi connectivity index (χ0v) is 14.2. The third-order valence-electron chi connectivity index (χ3n) is 4.21. The number of hydrogen-bond donors (Lipinski definition) is 2. The number of amides is 2. The molecule has 136 valence electrons. The predicted molar refractivity (Wildman–Crippen MR) is 90.8 cm³/mol. The minimum atomic E-state index is -0.281. The van der Waals surface area contributed by atoms with Gasteiger partial charge in [0.05, 0.1) is 13.2 Å². The second kappa shape index (κ2) is 7.96. The molecular weight excluding hydrogens is 326 g/mol. The van der Waals surface area contributed by atoms with Crippen LogP contribution in [0.2, 0.25) is 0 Å². The molecule has 1 aromatic rings. The molecular formula is C17H23N3O5. The third kappa shape index (κ3) is 4.46. The van der Waals surface area contributed by atoms with Gasteiger partial charge < -0.3 is 29.7 Å². The minimum absolute atomic E-state index is 0.0766. The number of anilines is 1. The fourth-order valence-corrected chi connectivity index (χ4v) is 2.89. The van der Waals surface area contributed by atoms with Crippen LogP contribution in [-0.2, 0) is 9.53 Å². The van der Waals surface area contributed by atoms with Crippen LogP contribution in [0.5, 0.6) is 11.5 Å². The van der Waals surface area contributed by atoms with E-state index in [1.807, 2.05) is 18.2 Å². The number of fused-ring (bicyclic) bond motifs is 1. The highest BCUT2D eigenvalue weighted by Crippen LogP contribution is 2.34. The molecule has 1 aromatic carbocycles. The molecule has 8 nitrogen and oxygen atoms in total. The van der Waals surface area contributed by atoms with Crippen LogP contribution in [-0.4, -0.2) is 56.0 Å². The van der Waals surface area contributed by atoms with E-state index in [2.05, 4.69) is 10.6 Å². The van der Waals surface area contributed by atoms with Crippen LogP contribution in [0.3, 0.4) is 0 Å². The number of nitrogens with zero attached hydrogens (tertiary/aromatic N) is 1. The second-order valence-corrected chi connectivity index (χ2v) is 5.95. The number of carbonyl (C=O) groups is 2. The maximum absolute atomic E-state index is 12.1. The van der Waals surface area contributed by atoms with Gasteiger partial charge in [-0.1, -0.05) is 0 Å². The van der Waals surface area contributed by atoms with Crippen LogP contribution < -0.4 is 20.1 Å². The Kier molecular flexibility index (Phi) is 5.47. The smallest absolute Gasteiger partial charge is 0.409 e. The Morgan fingerprint density at radius 2 is 2.00 bits per heavy atom. The largest absolute Gasteiger partial charge is 0.454 e. The average molecular weight is 349 g/mol. The van der Waals surface area contributed by atoms with Crippen molar-refractivity contribution in [2.45, 2.75) is 25.8 Å². The van der Waals surface area contributed by atoms with Crippen molar-refractivity contribution < 1.29 is 23.8 Å². The molecule has 0 radical (unpaired) electrons. The Hall–Kier alpha value is -2.64. The number of piperidine rings is 1. The Balaban J connectivity index is 1.39. The van der Waals surface area contributed by atoms with Gasteiger partial charge in [-0.25, -0.2) is 4.79 Å². The summed E-state index contributed by atoms with van der Waals surface area (Å²) in [5.41, 5.74) is 0.802. The van der Waals surface area contributed by atoms with E-state index in [4.69, 9.17) is 14.2 Å². The molecule has 2 aliphatic rings. The van der Waals surface area contributed by atoms with Gasteiger partial charge in [-0.2, -0.15) is 0 Å². The summed E-state index contributed by atoms with van der Waals surface area (Å²) in [5, 5.41) is 6.07. The van der Waals surface area contributed by atoms with Crippen molar-refractivity contribution in [2.75, 3.05) is 38.4 Å². The highest BCUT2D eigenvalue weighted by molar-refractivity contribution is 5.81. The average Bonchev–Trinajstić information content (AvgIpc) is 3.08. The molecule has 0 bridgehead atoms. The zero-order chi connectivity index (χ0) is 17.6. The van der Waals surface area contributed by atoms with E-state index in [9.17, 15) is 9.59 Å². The first-order valence-electron chi connectivity index (χ1n) is 8.50. The molecule has 0 aliphatic carbocycles. The van der Waals surface area contributed by atoms with E-state index in [1.54, 1.807) is 11.8 Å². The molecule has 0 atom stereocenters. The number of ether oxygens (including phenoxy) is 3. The second-order valence-electron chi connectivity index (χ2n) is 5.95. The van der Waals surface area contributed by atoms with Gasteiger partial charge in [0, 0.05) is 30.9 Å². The van der Waals surface area contributed by atoms with Gasteiger partial charge in [-0.3, -0.25) is 4.79 Å². The molecule has 8 heteroatoms. The zero-order valence-electron chi connectivity index (χ0n) is 14.2. The molecule has 0 saturated carbocycles. The summed E-state index contributed by atoms with van der Waals surface area (Å²) in [6, 6.07) is 5.55. The van der Waals surface area contributed by atoms with Crippen molar-refractivity contribution in [1.82, 2.24) is 10.2 Å². The van der Waals surface area contributed by atoms with E-state index < -0.39 is 0 Å². The molecule has 2 aliphatic heterocycles. The summed E-state index contributed by atoms with van der Waals surface area (Å²) in [7, 11) is 0. The van der Waals surface area contributed by atoms with Crippen molar-refractivity contribution in [3.63, 3.8) is 0 Å². The summed E-state index contributed by atoms with van der Waals surface area (Å²) in [6.45, 7) is 3.76. The Morgan fingerprint density at radius 1 is 1.24 bits per heavy atom. The monoisotopic (exact) mass is 349 g/mol. The summed E-state index contributed by atoms with van der Waals surface area (Å²) in [6.07, 6.45) is 1.18. The predicted octanol–water partition coefficient (Wildman–Crippen LogP) is 1.56. The van der Waals surface area contributed by atoms with Crippen LogP contribution in [0.25, 0.3) is 0 Å². The topological polar surface area (TPSA) is 89.1 Å². The van der Waals surface area contributed by atoms with Gasteiger partial charge in [-0.15, -0.1) is 0 Å². The van der Waals surface area contributed by atoms with Crippen LogP contribution in [0.1, 0.15) is 19.8 Å². The summed E-state index contributed by atoms with van der Waals surface area (Å²) in [5.74, 6) is 1.31. The van der Waals surface area contributed by atoms with E-state index in [0.717, 1.165) is 18.5 Å². The van der Waals surface area contributed by atoms with Crippen molar-refractivity contribution >= 4 is 17.7 Å². The van der Waals surface area contributed by atoms with Gasteiger partial charge in [0.1, 0.15) is 0 Å². The molecule has 0 unspecified atom stereocenters. The highest BCUT2D eigenvalue weighted by Gasteiger charge is 2.24. The molecule has 1 fully saturated rings. The molecule has 0 spiro atoms. The first-order chi connectivity index (χ1) is 12.2. The summed E-state index contributed by atoms with van der Waals surface area (Å²) in [4.78, 5) is 25.4. The Bertz CT molecular complexity index is 629. The van der Waals surface area contributed by atoms with Crippen LogP contribution in [0.15, 0.2) is 18.2 Å². The van der Waals surface area contributed by atoms with Gasteiger partial charge in [0.2, 0.25) is 12.7 Å². The van der Waals surface area contributed by atoms with Gasteiger partial charge >= 0.3 is 6.09 Å². The van der Waals surface area contributed by atoms with Crippen molar-refractivity contribution in [3.8, 4) is 11.5 Å². The number of likely N-dealkylation sites (tertiary alicyclic amines) is 1. The van der Waals surface area contributed by atoms with E-state index in [0.29, 0.717) is 31.2 Å². The van der Waals surface area contributed by atoms with Gasteiger partial charge in [0.15, 0.2) is 11.5 Å². The summed E-state index contributed by atoms with van der Waals surface area (Å²) < 4.78 is 15.6. The Labute approximate surface area is 146 Å². The lowest BCUT2D eigenvalue weighted by Crippen LogP contribution is -2.47. The van der Waals surface area contributed by atoms with Gasteiger partial charge in [-0.05, 0) is 31.9 Å². The fourth-order valence-electron chi connectivity index (χ4n) is 2.89. The SMILES string of the molecule is CCOC(=O)N1CCC(NC(=O)CNc2ccc3c(c2)OCO3)CC1. The number of hydrogen-bond acceptors (Lipinski definition) is 6. The normalized spacial score (nSPS) is 16.4. The quantitative estimate of drug-likeness (QED) is 0.839. The summed E-state index contributed by atoms with van der Waals surface area (Å²) >= 11 is 0. The highest BCUT2D eigenvalue weighted by atomic mass is 16.7. The first-order valence-corrected chi connectivity index (χ1v) is 8.50. The lowest BCUT2D eigenvalue weighted by molar-refractivity contribution is -0.120.